The molecule has 148 valence electrons. The lowest BCUT2D eigenvalue weighted by atomic mass is 10.1. The summed E-state index contributed by atoms with van der Waals surface area (Å²) in [5.74, 6) is -1.21. The molecule has 5 N–H and O–H groups in total. The molecule has 0 spiro atoms. The molecule has 0 radical (unpaired) electrons. The SMILES string of the molecule is C[C@@H](N)CN(C1CC1)S(=O)(=O)c1ccc2[nH]c(=O)c3[nH]cc(C(=O)O)c3c2c1. The first-order valence-corrected chi connectivity index (χ1v) is 10.3. The lowest BCUT2D eigenvalue weighted by Gasteiger charge is -2.23. The van der Waals surface area contributed by atoms with Crippen LogP contribution in [-0.4, -0.2) is 52.4 Å². The number of nitrogens with zero attached hydrogens (tertiary/aromatic N) is 1. The van der Waals surface area contributed by atoms with Gasteiger partial charge in [-0.3, -0.25) is 4.79 Å². The minimum Gasteiger partial charge on any atom is -0.478 e. The van der Waals surface area contributed by atoms with Gasteiger partial charge in [0.05, 0.1) is 10.5 Å². The number of pyridine rings is 1. The highest BCUT2D eigenvalue weighted by atomic mass is 32.2. The van der Waals surface area contributed by atoms with E-state index in [1.54, 1.807) is 6.92 Å². The minimum absolute atomic E-state index is 0.0402. The summed E-state index contributed by atoms with van der Waals surface area (Å²) in [6.07, 6.45) is 2.81. The lowest BCUT2D eigenvalue weighted by molar-refractivity contribution is 0.0699. The number of nitrogens with one attached hydrogen (secondary N) is 2. The molecule has 2 heterocycles. The molecule has 1 aliphatic rings. The van der Waals surface area contributed by atoms with E-state index in [9.17, 15) is 23.1 Å². The van der Waals surface area contributed by atoms with Crippen molar-refractivity contribution in [1.82, 2.24) is 14.3 Å². The van der Waals surface area contributed by atoms with Crippen LogP contribution >= 0.6 is 0 Å². The molecule has 9 nitrogen and oxygen atoms in total. The molecule has 1 saturated carbocycles. The van der Waals surface area contributed by atoms with Crippen molar-refractivity contribution in [2.45, 2.75) is 36.7 Å². The largest absolute Gasteiger partial charge is 0.478 e. The fraction of sp³-hybridized carbons (Fsp3) is 0.333. The number of nitrogens with two attached hydrogens (primary N) is 1. The maximum absolute atomic E-state index is 13.2. The first kappa shape index (κ1) is 18.7. The Labute approximate surface area is 160 Å². The molecular formula is C18H20N4O5S. The van der Waals surface area contributed by atoms with E-state index in [2.05, 4.69) is 9.97 Å². The molecule has 0 aliphatic heterocycles. The van der Waals surface area contributed by atoms with Crippen molar-refractivity contribution in [1.29, 1.82) is 0 Å². The van der Waals surface area contributed by atoms with Gasteiger partial charge in [-0.2, -0.15) is 4.31 Å². The number of aromatic amines is 2. The van der Waals surface area contributed by atoms with E-state index in [0.717, 1.165) is 12.8 Å². The highest BCUT2D eigenvalue weighted by Crippen LogP contribution is 2.34. The topological polar surface area (TPSA) is 149 Å². The summed E-state index contributed by atoms with van der Waals surface area (Å²) in [4.78, 5) is 29.1. The summed E-state index contributed by atoms with van der Waals surface area (Å²) >= 11 is 0. The zero-order valence-electron chi connectivity index (χ0n) is 15.1. The van der Waals surface area contributed by atoms with Crippen LogP contribution in [0.5, 0.6) is 0 Å². The molecule has 0 bridgehead atoms. The van der Waals surface area contributed by atoms with Crippen LogP contribution in [0.1, 0.15) is 30.1 Å². The number of rotatable bonds is 6. The number of H-pyrrole nitrogens is 2. The van der Waals surface area contributed by atoms with Gasteiger partial charge in [0.25, 0.3) is 5.56 Å². The Morgan fingerprint density at radius 1 is 1.39 bits per heavy atom. The Balaban J connectivity index is 1.95. The van der Waals surface area contributed by atoms with Gasteiger partial charge in [0.15, 0.2) is 0 Å². The summed E-state index contributed by atoms with van der Waals surface area (Å²) in [6, 6.07) is 3.94. The third-order valence-corrected chi connectivity index (χ3v) is 6.79. The standard InChI is InChI=1S/C18H20N4O5S/c1-9(19)8-22(10-2-3-10)28(26,27)11-4-5-14-12(6-11)15-13(18(24)25)7-20-16(15)17(23)21-14/h4-7,9-10,20H,2-3,8,19H2,1H3,(H,21,23)(H,24,25)/t9-/m1/s1. The quantitative estimate of drug-likeness (QED) is 0.485. The number of fused-ring (bicyclic) bond motifs is 3. The van der Waals surface area contributed by atoms with Crippen molar-refractivity contribution in [2.24, 2.45) is 5.73 Å². The summed E-state index contributed by atoms with van der Waals surface area (Å²) in [7, 11) is -3.82. The van der Waals surface area contributed by atoms with Crippen molar-refractivity contribution in [3.8, 4) is 0 Å². The van der Waals surface area contributed by atoms with Crippen molar-refractivity contribution >= 4 is 37.8 Å². The number of benzene rings is 1. The minimum atomic E-state index is -3.82. The molecule has 10 heteroatoms. The molecule has 0 saturated heterocycles. The Hall–Kier alpha value is -2.69. The zero-order valence-corrected chi connectivity index (χ0v) is 15.9. The lowest BCUT2D eigenvalue weighted by Crippen LogP contribution is -2.41. The van der Waals surface area contributed by atoms with Gasteiger partial charge in [-0.05, 0) is 38.0 Å². The number of carboxylic acid groups (broad SMARTS) is 1. The van der Waals surface area contributed by atoms with Crippen LogP contribution in [-0.2, 0) is 10.0 Å². The maximum atomic E-state index is 13.2. The first-order chi connectivity index (χ1) is 13.2. The number of hydrogen-bond acceptors (Lipinski definition) is 5. The normalized spacial score (nSPS) is 16.1. The van der Waals surface area contributed by atoms with Crippen molar-refractivity contribution in [2.75, 3.05) is 6.54 Å². The van der Waals surface area contributed by atoms with Gasteiger partial charge in [-0.25, -0.2) is 13.2 Å². The molecule has 0 amide bonds. The van der Waals surface area contributed by atoms with Gasteiger partial charge < -0.3 is 20.8 Å². The number of aromatic nitrogens is 2. The maximum Gasteiger partial charge on any atom is 0.337 e. The van der Waals surface area contributed by atoms with E-state index in [1.165, 1.54) is 28.7 Å². The fourth-order valence-electron chi connectivity index (χ4n) is 3.46. The average molecular weight is 404 g/mol. The van der Waals surface area contributed by atoms with Gasteiger partial charge in [0, 0.05) is 41.1 Å². The number of sulfonamides is 1. The van der Waals surface area contributed by atoms with Gasteiger partial charge in [-0.15, -0.1) is 0 Å². The Morgan fingerprint density at radius 2 is 2.11 bits per heavy atom. The Kier molecular flexibility index (Phi) is 4.29. The molecular weight excluding hydrogens is 384 g/mol. The predicted octanol–water partition coefficient (Wildman–Crippen LogP) is 1.21. The van der Waals surface area contributed by atoms with E-state index in [4.69, 9.17) is 5.73 Å². The second kappa shape index (κ2) is 6.43. The monoisotopic (exact) mass is 404 g/mol. The van der Waals surface area contributed by atoms with Crippen LogP contribution in [0.4, 0.5) is 0 Å². The van der Waals surface area contributed by atoms with E-state index in [1.807, 2.05) is 0 Å². The molecule has 2 aromatic heterocycles. The molecule has 28 heavy (non-hydrogen) atoms. The number of aromatic carboxylic acids is 1. The van der Waals surface area contributed by atoms with Gasteiger partial charge in [-0.1, -0.05) is 0 Å². The van der Waals surface area contributed by atoms with Crippen molar-refractivity contribution in [3.05, 3.63) is 40.3 Å². The fourth-order valence-corrected chi connectivity index (χ4v) is 5.27. The summed E-state index contributed by atoms with van der Waals surface area (Å²) in [5.41, 5.74) is 5.74. The second-order valence-electron chi connectivity index (χ2n) is 7.20. The summed E-state index contributed by atoms with van der Waals surface area (Å²) < 4.78 is 27.9. The number of hydrogen-bond donors (Lipinski definition) is 4. The van der Waals surface area contributed by atoms with Crippen LogP contribution in [0.2, 0.25) is 0 Å². The molecule has 1 atom stereocenters. The third-order valence-electron chi connectivity index (χ3n) is 4.87. The van der Waals surface area contributed by atoms with Gasteiger partial charge in [0.2, 0.25) is 10.0 Å². The number of carboxylic acids is 1. The second-order valence-corrected chi connectivity index (χ2v) is 9.09. The Morgan fingerprint density at radius 3 is 2.71 bits per heavy atom. The van der Waals surface area contributed by atoms with E-state index < -0.39 is 21.6 Å². The van der Waals surface area contributed by atoms with E-state index >= 15 is 0 Å². The molecule has 4 rings (SSSR count). The Bertz CT molecular complexity index is 1250. The highest BCUT2D eigenvalue weighted by molar-refractivity contribution is 7.89. The van der Waals surface area contributed by atoms with Crippen molar-refractivity contribution in [3.63, 3.8) is 0 Å². The highest BCUT2D eigenvalue weighted by Gasteiger charge is 2.38. The van der Waals surface area contributed by atoms with Crippen LogP contribution < -0.4 is 11.3 Å². The van der Waals surface area contributed by atoms with Crippen LogP contribution in [0.25, 0.3) is 21.8 Å². The first-order valence-electron chi connectivity index (χ1n) is 8.88. The molecule has 1 aliphatic carbocycles. The summed E-state index contributed by atoms with van der Waals surface area (Å²) in [6.45, 7) is 1.95. The molecule has 0 unspecified atom stereocenters. The van der Waals surface area contributed by atoms with Crippen LogP contribution in [0.15, 0.2) is 34.1 Å². The van der Waals surface area contributed by atoms with Crippen LogP contribution in [0, 0.1) is 0 Å². The molecule has 3 aromatic rings. The average Bonchev–Trinajstić information content (AvgIpc) is 3.35. The molecule has 1 fully saturated rings. The molecule has 1 aromatic carbocycles. The van der Waals surface area contributed by atoms with E-state index in [-0.39, 0.29) is 40.0 Å². The van der Waals surface area contributed by atoms with Gasteiger partial charge in [0.1, 0.15) is 5.52 Å². The summed E-state index contributed by atoms with van der Waals surface area (Å²) in [5, 5.41) is 9.99. The number of carbonyl (C=O) groups is 1. The van der Waals surface area contributed by atoms with Crippen molar-refractivity contribution < 1.29 is 18.3 Å². The van der Waals surface area contributed by atoms with Crippen LogP contribution in [0.3, 0.4) is 0 Å². The predicted molar refractivity (Wildman–Crippen MR) is 104 cm³/mol. The van der Waals surface area contributed by atoms with E-state index in [0.29, 0.717) is 10.9 Å². The van der Waals surface area contributed by atoms with Gasteiger partial charge >= 0.3 is 5.97 Å². The third kappa shape index (κ3) is 2.99. The smallest absolute Gasteiger partial charge is 0.337 e. The zero-order chi connectivity index (χ0) is 20.2.